The highest BCUT2D eigenvalue weighted by atomic mass is 32.1. The van der Waals surface area contributed by atoms with Crippen LogP contribution in [0.5, 0.6) is 0 Å². The smallest absolute Gasteiger partial charge is 0.186 e. The molecule has 0 spiro atoms. The summed E-state index contributed by atoms with van der Waals surface area (Å²) in [5, 5.41) is 8.15. The molecule has 4 heteroatoms. The lowest BCUT2D eigenvalue weighted by atomic mass is 9.74. The number of nitrogens with one attached hydrogen (secondary N) is 2. The summed E-state index contributed by atoms with van der Waals surface area (Å²) < 4.78 is 0. The van der Waals surface area contributed by atoms with Crippen molar-refractivity contribution >= 4 is 23.0 Å². The van der Waals surface area contributed by atoms with Gasteiger partial charge in [0.25, 0.3) is 0 Å². The van der Waals surface area contributed by atoms with Gasteiger partial charge in [0.15, 0.2) is 5.11 Å². The first-order valence-corrected chi connectivity index (χ1v) is 6.49. The van der Waals surface area contributed by atoms with Gasteiger partial charge in [-0.1, -0.05) is 25.5 Å². The van der Waals surface area contributed by atoms with E-state index in [2.05, 4.69) is 34.9 Å². The second-order valence-corrected chi connectivity index (χ2v) is 4.89. The highest BCUT2D eigenvalue weighted by Gasteiger charge is 2.37. The second-order valence-electron chi connectivity index (χ2n) is 4.48. The highest BCUT2D eigenvalue weighted by Crippen LogP contribution is 2.39. The molecule has 0 heterocycles. The molecule has 1 fully saturated rings. The monoisotopic (exact) mass is 237 g/mol. The molecule has 88 valence electrons. The van der Waals surface area contributed by atoms with E-state index in [1.807, 2.05) is 0 Å². The molecule has 2 rings (SSSR count). The Kier molecular flexibility index (Phi) is 3.93. The van der Waals surface area contributed by atoms with Gasteiger partial charge in [0, 0.05) is 18.2 Å². The van der Waals surface area contributed by atoms with Crippen LogP contribution >= 0.6 is 12.2 Å². The van der Waals surface area contributed by atoms with Gasteiger partial charge in [-0.05, 0) is 37.4 Å². The summed E-state index contributed by atoms with van der Waals surface area (Å²) in [5.74, 6) is 1.41. The van der Waals surface area contributed by atoms with Crippen LogP contribution in [-0.4, -0.2) is 17.4 Å². The lowest BCUT2D eigenvalue weighted by Crippen LogP contribution is -2.38. The number of allylic oxidation sites excluding steroid dienone is 2. The van der Waals surface area contributed by atoms with Crippen LogP contribution in [0.1, 0.15) is 32.6 Å². The summed E-state index contributed by atoms with van der Waals surface area (Å²) in [5.41, 5.74) is 4.18. The molecule has 0 aliphatic heterocycles. The predicted octanol–water partition coefficient (Wildman–Crippen LogP) is 2.20. The van der Waals surface area contributed by atoms with Crippen LogP contribution < -0.4 is 10.7 Å². The fourth-order valence-electron chi connectivity index (χ4n) is 2.20. The fraction of sp³-hybridized carbons (Fsp3) is 0.667. The zero-order valence-corrected chi connectivity index (χ0v) is 10.5. The third-order valence-corrected chi connectivity index (χ3v) is 3.50. The molecule has 1 saturated carbocycles. The number of hydrogen-bond donors (Lipinski definition) is 2. The average molecular weight is 237 g/mol. The van der Waals surface area contributed by atoms with Crippen molar-refractivity contribution < 1.29 is 0 Å². The minimum atomic E-state index is 0.589. The van der Waals surface area contributed by atoms with Gasteiger partial charge < -0.3 is 5.32 Å². The number of rotatable bonds is 4. The van der Waals surface area contributed by atoms with Gasteiger partial charge in [0.05, 0.1) is 0 Å². The van der Waals surface area contributed by atoms with E-state index in [4.69, 9.17) is 12.2 Å². The Bertz CT molecular complexity index is 322. The number of unbranched alkanes of at least 4 members (excludes halogenated alkanes) is 1. The van der Waals surface area contributed by atoms with Crippen molar-refractivity contribution in [3.8, 4) is 0 Å². The number of hydrazone groups is 1. The van der Waals surface area contributed by atoms with E-state index in [1.165, 1.54) is 18.6 Å². The summed E-state index contributed by atoms with van der Waals surface area (Å²) in [6, 6.07) is 0. The third-order valence-electron chi connectivity index (χ3n) is 3.26. The SMILES string of the molecule is CCCCNC(=S)N/N=C1\CC2CC=CC12. The van der Waals surface area contributed by atoms with Crippen molar-refractivity contribution in [2.75, 3.05) is 6.54 Å². The van der Waals surface area contributed by atoms with Crippen LogP contribution in [0.2, 0.25) is 0 Å². The number of fused-ring (bicyclic) bond motifs is 1. The Morgan fingerprint density at radius 2 is 2.50 bits per heavy atom. The average Bonchev–Trinajstić information content (AvgIpc) is 2.61. The zero-order chi connectivity index (χ0) is 11.4. The molecule has 0 aromatic rings. The lowest BCUT2D eigenvalue weighted by Gasteiger charge is -2.31. The lowest BCUT2D eigenvalue weighted by molar-refractivity contribution is 0.444. The standard InChI is InChI=1S/C12H19N3S/c1-2-3-7-13-12(16)15-14-11-8-9-5-4-6-10(9)11/h4,6,9-10H,2-3,5,7-8H2,1H3,(H2,13,15,16)/b14-11+. The molecule has 3 nitrogen and oxygen atoms in total. The molecule has 2 N–H and O–H groups in total. The van der Waals surface area contributed by atoms with Crippen molar-refractivity contribution in [1.29, 1.82) is 0 Å². The first-order valence-electron chi connectivity index (χ1n) is 6.08. The Labute approximate surface area is 102 Å². The van der Waals surface area contributed by atoms with Gasteiger partial charge in [0.1, 0.15) is 0 Å². The Hall–Kier alpha value is -0.900. The summed E-state index contributed by atoms with van der Waals surface area (Å²) in [6.45, 7) is 3.10. The van der Waals surface area contributed by atoms with E-state index >= 15 is 0 Å². The third kappa shape index (κ3) is 2.61. The highest BCUT2D eigenvalue weighted by molar-refractivity contribution is 7.80. The van der Waals surface area contributed by atoms with E-state index in [0.717, 1.165) is 25.3 Å². The van der Waals surface area contributed by atoms with Gasteiger partial charge in [-0.2, -0.15) is 5.10 Å². The van der Waals surface area contributed by atoms with Crippen molar-refractivity contribution in [2.45, 2.75) is 32.6 Å². The maximum Gasteiger partial charge on any atom is 0.186 e. The molecule has 0 saturated heterocycles. The maximum absolute atomic E-state index is 5.13. The number of hydrogen-bond acceptors (Lipinski definition) is 2. The summed E-state index contributed by atoms with van der Waals surface area (Å²) in [4.78, 5) is 0. The molecule has 2 unspecified atom stereocenters. The van der Waals surface area contributed by atoms with E-state index < -0.39 is 0 Å². The molecule has 16 heavy (non-hydrogen) atoms. The molecular weight excluding hydrogens is 218 g/mol. The molecule has 2 aliphatic carbocycles. The van der Waals surface area contributed by atoms with E-state index in [-0.39, 0.29) is 0 Å². The largest absolute Gasteiger partial charge is 0.361 e. The molecular formula is C12H19N3S. The van der Waals surface area contributed by atoms with Gasteiger partial charge in [0.2, 0.25) is 0 Å². The summed E-state index contributed by atoms with van der Waals surface area (Å²) in [7, 11) is 0. The predicted molar refractivity (Wildman–Crippen MR) is 71.4 cm³/mol. The van der Waals surface area contributed by atoms with Crippen LogP contribution in [0.3, 0.4) is 0 Å². The fourth-order valence-corrected chi connectivity index (χ4v) is 2.35. The van der Waals surface area contributed by atoms with Crippen LogP contribution in [0.4, 0.5) is 0 Å². The van der Waals surface area contributed by atoms with Gasteiger partial charge in [-0.15, -0.1) is 0 Å². The maximum atomic E-state index is 5.13. The molecule has 0 amide bonds. The van der Waals surface area contributed by atoms with Crippen molar-refractivity contribution in [3.63, 3.8) is 0 Å². The number of nitrogens with zero attached hydrogens (tertiary/aromatic N) is 1. The first kappa shape index (κ1) is 11.6. The Morgan fingerprint density at radius 3 is 3.25 bits per heavy atom. The normalized spacial score (nSPS) is 28.7. The Balaban J connectivity index is 1.69. The van der Waals surface area contributed by atoms with Crippen molar-refractivity contribution in [1.82, 2.24) is 10.7 Å². The molecule has 0 bridgehead atoms. The molecule has 0 aromatic carbocycles. The van der Waals surface area contributed by atoms with Gasteiger partial charge in [-0.3, -0.25) is 5.43 Å². The molecule has 0 radical (unpaired) electrons. The van der Waals surface area contributed by atoms with E-state index in [1.54, 1.807) is 0 Å². The minimum absolute atomic E-state index is 0.589. The summed E-state index contributed by atoms with van der Waals surface area (Å²) in [6.07, 6.45) is 9.20. The van der Waals surface area contributed by atoms with Crippen molar-refractivity contribution in [2.24, 2.45) is 16.9 Å². The van der Waals surface area contributed by atoms with Gasteiger partial charge in [-0.25, -0.2) is 0 Å². The molecule has 2 atom stereocenters. The minimum Gasteiger partial charge on any atom is -0.361 e. The van der Waals surface area contributed by atoms with Crippen LogP contribution in [0, 0.1) is 11.8 Å². The summed E-state index contributed by atoms with van der Waals surface area (Å²) >= 11 is 5.13. The quantitative estimate of drug-likeness (QED) is 0.341. The van der Waals surface area contributed by atoms with Crippen LogP contribution in [0.25, 0.3) is 0 Å². The first-order chi connectivity index (χ1) is 7.81. The molecule has 2 aliphatic rings. The van der Waals surface area contributed by atoms with Crippen molar-refractivity contribution in [3.05, 3.63) is 12.2 Å². The van der Waals surface area contributed by atoms with E-state index in [0.29, 0.717) is 11.0 Å². The topological polar surface area (TPSA) is 36.4 Å². The van der Waals surface area contributed by atoms with Gasteiger partial charge >= 0.3 is 0 Å². The molecule has 0 aromatic heterocycles. The van der Waals surface area contributed by atoms with Crippen LogP contribution in [-0.2, 0) is 0 Å². The second kappa shape index (κ2) is 5.43. The van der Waals surface area contributed by atoms with Crippen LogP contribution in [0.15, 0.2) is 17.3 Å². The number of thiocarbonyl (C=S) groups is 1. The Morgan fingerprint density at radius 1 is 1.62 bits per heavy atom. The van der Waals surface area contributed by atoms with E-state index in [9.17, 15) is 0 Å². The zero-order valence-electron chi connectivity index (χ0n) is 9.70.